The number of halogens is 3. The molecule has 13 heavy (non-hydrogen) atoms. The highest BCUT2D eigenvalue weighted by molar-refractivity contribution is 6.67. The van der Waals surface area contributed by atoms with E-state index in [1.807, 2.05) is 0 Å². The number of alkyl halides is 2. The maximum atomic E-state index is 10.3. The second kappa shape index (κ2) is 10.1. The largest absolute Gasteiger partial charge is 0.462 e. The van der Waals surface area contributed by atoms with E-state index in [9.17, 15) is 9.59 Å². The van der Waals surface area contributed by atoms with Crippen LogP contribution in [0.5, 0.6) is 0 Å². The van der Waals surface area contributed by atoms with Crippen molar-refractivity contribution in [3.05, 3.63) is 0 Å². The van der Waals surface area contributed by atoms with Gasteiger partial charge in [-0.05, 0) is 25.4 Å². The lowest BCUT2D eigenvalue weighted by Crippen LogP contribution is -2.11. The minimum absolute atomic E-state index is 0.0544. The molecule has 0 N–H and O–H groups in total. The van der Waals surface area contributed by atoms with Crippen LogP contribution < -0.4 is 0 Å². The first-order chi connectivity index (χ1) is 5.93. The molecular formula is C7H11Cl3O3. The van der Waals surface area contributed by atoms with Crippen molar-refractivity contribution in [1.82, 2.24) is 0 Å². The van der Waals surface area contributed by atoms with Gasteiger partial charge in [0, 0.05) is 0 Å². The topological polar surface area (TPSA) is 43.4 Å². The number of rotatable bonds is 3. The van der Waals surface area contributed by atoms with Gasteiger partial charge in [0.25, 0.3) is 0 Å². The maximum Gasteiger partial charge on any atom is 0.321 e. The zero-order chi connectivity index (χ0) is 10.9. The average Bonchev–Trinajstić information content (AvgIpc) is 2.04. The fraction of sp³-hybridized carbons (Fsp3) is 0.714. The van der Waals surface area contributed by atoms with Gasteiger partial charge < -0.3 is 4.74 Å². The van der Waals surface area contributed by atoms with Crippen LogP contribution in [0.25, 0.3) is 0 Å². The molecule has 0 bridgehead atoms. The van der Waals surface area contributed by atoms with Gasteiger partial charge in [-0.25, -0.2) is 0 Å². The molecule has 0 aliphatic rings. The first kappa shape index (κ1) is 15.5. The smallest absolute Gasteiger partial charge is 0.321 e. The first-order valence-electron chi connectivity index (χ1n) is 3.43. The molecule has 0 atom stereocenters. The zero-order valence-corrected chi connectivity index (χ0v) is 9.62. The van der Waals surface area contributed by atoms with Gasteiger partial charge in [0.05, 0.1) is 12.0 Å². The summed E-state index contributed by atoms with van der Waals surface area (Å²) < 4.78 is 4.63. The summed E-state index contributed by atoms with van der Waals surface area (Å²) in [5.74, 6) is -0.513. The third-order valence-corrected chi connectivity index (χ3v) is 1.31. The maximum absolute atomic E-state index is 10.3. The lowest BCUT2D eigenvalue weighted by Gasteiger charge is -2.03. The van der Waals surface area contributed by atoms with Gasteiger partial charge in [-0.2, -0.15) is 0 Å². The Morgan fingerprint density at radius 3 is 1.69 bits per heavy atom. The SMILES string of the molecule is CC(C)OC(=O)CCl.O=C(Cl)CCl. The molecule has 0 rings (SSSR count). The van der Waals surface area contributed by atoms with E-state index in [-0.39, 0.29) is 23.8 Å². The highest BCUT2D eigenvalue weighted by Gasteiger charge is 2.00. The van der Waals surface area contributed by atoms with Gasteiger partial charge in [0.2, 0.25) is 5.24 Å². The molecule has 0 aliphatic heterocycles. The van der Waals surface area contributed by atoms with Crippen LogP contribution >= 0.6 is 34.8 Å². The summed E-state index contributed by atoms with van der Waals surface area (Å²) in [5.41, 5.74) is 0. The van der Waals surface area contributed by atoms with Crippen LogP contribution in [0.4, 0.5) is 0 Å². The van der Waals surface area contributed by atoms with Crippen molar-refractivity contribution in [2.75, 3.05) is 11.8 Å². The summed E-state index contributed by atoms with van der Waals surface area (Å²) in [6.45, 7) is 3.56. The van der Waals surface area contributed by atoms with Crippen molar-refractivity contribution in [3.63, 3.8) is 0 Å². The Hall–Kier alpha value is 0.01000. The zero-order valence-electron chi connectivity index (χ0n) is 7.35. The van der Waals surface area contributed by atoms with Crippen LogP contribution in [0.3, 0.4) is 0 Å². The molecule has 0 unspecified atom stereocenters. The summed E-state index contributed by atoms with van der Waals surface area (Å²) in [6.07, 6.45) is -0.0544. The van der Waals surface area contributed by atoms with Gasteiger partial charge >= 0.3 is 5.97 Å². The van der Waals surface area contributed by atoms with Gasteiger partial charge in [0.1, 0.15) is 5.88 Å². The Morgan fingerprint density at radius 1 is 1.23 bits per heavy atom. The Kier molecular flexibility index (Phi) is 12.0. The third-order valence-electron chi connectivity index (χ3n) is 0.581. The van der Waals surface area contributed by atoms with Crippen LogP contribution in [0, 0.1) is 0 Å². The van der Waals surface area contributed by atoms with Gasteiger partial charge in [0.15, 0.2) is 0 Å². The molecule has 0 aromatic heterocycles. The molecular weight excluding hydrogens is 238 g/mol. The van der Waals surface area contributed by atoms with Gasteiger partial charge in [-0.1, -0.05) is 0 Å². The van der Waals surface area contributed by atoms with Crippen molar-refractivity contribution >= 4 is 46.0 Å². The number of hydrogen-bond acceptors (Lipinski definition) is 3. The minimum Gasteiger partial charge on any atom is -0.462 e. The Bertz CT molecular complexity index is 159. The standard InChI is InChI=1S/C5H9ClO2.C2H2Cl2O/c1-4(2)8-5(7)3-6;3-1-2(4)5/h4H,3H2,1-2H3;1H2. The fourth-order valence-electron chi connectivity index (χ4n) is 0.294. The van der Waals surface area contributed by atoms with Crippen molar-refractivity contribution in [2.24, 2.45) is 0 Å². The van der Waals surface area contributed by atoms with Crippen molar-refractivity contribution in [1.29, 1.82) is 0 Å². The predicted molar refractivity (Wildman–Crippen MR) is 53.5 cm³/mol. The van der Waals surface area contributed by atoms with Crippen LogP contribution in [0.2, 0.25) is 0 Å². The predicted octanol–water partition coefficient (Wildman–Crippen LogP) is 2.17. The van der Waals surface area contributed by atoms with E-state index in [4.69, 9.17) is 34.8 Å². The van der Waals surface area contributed by atoms with E-state index >= 15 is 0 Å². The lowest BCUT2D eigenvalue weighted by atomic mass is 10.5. The molecule has 78 valence electrons. The second-order valence-electron chi connectivity index (χ2n) is 2.16. The van der Waals surface area contributed by atoms with Gasteiger partial charge in [-0.15, -0.1) is 23.2 Å². The van der Waals surface area contributed by atoms with E-state index in [2.05, 4.69) is 4.74 Å². The number of ether oxygens (including phenoxy) is 1. The molecule has 6 heteroatoms. The van der Waals surface area contributed by atoms with E-state index < -0.39 is 5.24 Å². The summed E-state index contributed by atoms with van der Waals surface area (Å²) in [6, 6.07) is 0. The van der Waals surface area contributed by atoms with E-state index in [0.29, 0.717) is 0 Å². The first-order valence-corrected chi connectivity index (χ1v) is 4.88. The molecule has 0 aromatic rings. The number of carbonyl (C=O) groups is 2. The Balaban J connectivity index is 0. The molecule has 0 amide bonds. The number of carbonyl (C=O) groups excluding carboxylic acids is 2. The summed E-state index contributed by atoms with van der Waals surface area (Å²) in [7, 11) is 0. The quantitative estimate of drug-likeness (QED) is 0.437. The van der Waals surface area contributed by atoms with E-state index in [0.717, 1.165) is 0 Å². The molecule has 0 fully saturated rings. The monoisotopic (exact) mass is 248 g/mol. The average molecular weight is 250 g/mol. The van der Waals surface area contributed by atoms with Crippen LogP contribution in [-0.2, 0) is 14.3 Å². The van der Waals surface area contributed by atoms with Crippen LogP contribution in [-0.4, -0.2) is 29.1 Å². The van der Waals surface area contributed by atoms with E-state index in [1.54, 1.807) is 13.8 Å². The molecule has 0 spiro atoms. The molecule has 0 saturated carbocycles. The molecule has 3 nitrogen and oxygen atoms in total. The summed E-state index contributed by atoms with van der Waals surface area (Å²) in [5, 5.41) is -0.508. The number of hydrogen-bond donors (Lipinski definition) is 0. The van der Waals surface area contributed by atoms with Crippen molar-refractivity contribution in [2.45, 2.75) is 20.0 Å². The second-order valence-corrected chi connectivity index (χ2v) is 3.12. The molecule has 0 radical (unpaired) electrons. The number of esters is 1. The molecule has 0 heterocycles. The van der Waals surface area contributed by atoms with Crippen LogP contribution in [0.15, 0.2) is 0 Å². The van der Waals surface area contributed by atoms with Crippen molar-refractivity contribution in [3.8, 4) is 0 Å². The summed E-state index contributed by atoms with van der Waals surface area (Å²) >= 11 is 14.7. The minimum atomic E-state index is -0.508. The molecule has 0 aliphatic carbocycles. The lowest BCUT2D eigenvalue weighted by molar-refractivity contribution is -0.144. The summed E-state index contributed by atoms with van der Waals surface area (Å²) in [4.78, 5) is 19.7. The Labute approximate surface area is 92.3 Å². The normalized spacial score (nSPS) is 8.77. The van der Waals surface area contributed by atoms with Crippen LogP contribution in [0.1, 0.15) is 13.8 Å². The molecule has 0 aromatic carbocycles. The molecule has 0 saturated heterocycles. The Morgan fingerprint density at radius 2 is 1.62 bits per heavy atom. The van der Waals surface area contributed by atoms with Gasteiger partial charge in [-0.3, -0.25) is 9.59 Å². The van der Waals surface area contributed by atoms with Crippen molar-refractivity contribution < 1.29 is 14.3 Å². The fourth-order valence-corrected chi connectivity index (χ4v) is 0.357. The third kappa shape index (κ3) is 18.8. The highest BCUT2D eigenvalue weighted by atomic mass is 35.5. The highest BCUT2D eigenvalue weighted by Crippen LogP contribution is 1.89. The van der Waals surface area contributed by atoms with E-state index in [1.165, 1.54) is 0 Å².